The zero-order valence-corrected chi connectivity index (χ0v) is 14.5. The highest BCUT2D eigenvalue weighted by Gasteiger charge is 2.34. The molecule has 1 unspecified atom stereocenters. The van der Waals surface area contributed by atoms with Crippen molar-refractivity contribution >= 4 is 17.4 Å². The van der Waals surface area contributed by atoms with Gasteiger partial charge in [-0.25, -0.2) is 9.97 Å². The van der Waals surface area contributed by atoms with Crippen LogP contribution in [0.5, 0.6) is 0 Å². The molecule has 0 aliphatic heterocycles. The second-order valence-corrected chi connectivity index (χ2v) is 6.06. The monoisotopic (exact) mass is 394 g/mol. The molecule has 0 fully saturated rings. The number of hydrogen-bond acceptors (Lipinski definition) is 5. The van der Waals surface area contributed by atoms with Crippen molar-refractivity contribution in [2.24, 2.45) is 0 Å². The van der Waals surface area contributed by atoms with Crippen LogP contribution in [0.2, 0.25) is 5.02 Å². The average Bonchev–Trinajstić information content (AvgIpc) is 2.67. The Morgan fingerprint density at radius 2 is 1.70 bits per heavy atom. The number of alkyl halides is 3. The largest absolute Gasteiger partial charge is 0.433 e. The Hall–Kier alpha value is -2.71. The third kappa shape index (κ3) is 4.72. The van der Waals surface area contributed by atoms with Crippen LogP contribution in [0.25, 0.3) is 11.4 Å². The van der Waals surface area contributed by atoms with Crippen LogP contribution < -0.4 is 5.32 Å². The molecule has 140 valence electrons. The Morgan fingerprint density at radius 3 is 2.30 bits per heavy atom. The minimum atomic E-state index is -4.64. The molecule has 1 aromatic carbocycles. The molecule has 9 heteroatoms. The summed E-state index contributed by atoms with van der Waals surface area (Å²) >= 11 is 5.85. The van der Waals surface area contributed by atoms with Gasteiger partial charge in [0.2, 0.25) is 0 Å². The summed E-state index contributed by atoms with van der Waals surface area (Å²) in [5.41, 5.74) is -0.0367. The van der Waals surface area contributed by atoms with E-state index in [2.05, 4.69) is 20.3 Å². The Labute approximate surface area is 157 Å². The van der Waals surface area contributed by atoms with E-state index < -0.39 is 17.9 Å². The highest BCUT2D eigenvalue weighted by Crippen LogP contribution is 2.31. The van der Waals surface area contributed by atoms with Crippen LogP contribution in [0.15, 0.2) is 54.9 Å². The molecule has 0 aliphatic carbocycles. The van der Waals surface area contributed by atoms with Gasteiger partial charge in [0.25, 0.3) is 0 Å². The summed E-state index contributed by atoms with van der Waals surface area (Å²) in [4.78, 5) is 11.6. The predicted octanol–water partition coefficient (Wildman–Crippen LogP) is 4.36. The van der Waals surface area contributed by atoms with Gasteiger partial charge in [-0.2, -0.15) is 13.2 Å². The molecule has 0 saturated carbocycles. The third-order valence-electron chi connectivity index (χ3n) is 3.73. The first kappa shape index (κ1) is 19.1. The van der Waals surface area contributed by atoms with Gasteiger partial charge >= 0.3 is 6.18 Å². The van der Waals surface area contributed by atoms with Crippen molar-refractivity contribution in [3.63, 3.8) is 0 Å². The lowest BCUT2D eigenvalue weighted by atomic mass is 10.1. The number of nitrogens with zero attached hydrogens (tertiary/aromatic N) is 3. The molecule has 0 amide bonds. The maximum atomic E-state index is 13.3. The summed E-state index contributed by atoms with van der Waals surface area (Å²) in [6.07, 6.45) is -1.76. The first-order valence-corrected chi connectivity index (χ1v) is 8.24. The summed E-state index contributed by atoms with van der Waals surface area (Å²) in [5.74, 6) is -0.152. The third-order valence-corrected chi connectivity index (χ3v) is 3.98. The fraction of sp³-hybridized carbons (Fsp3) is 0.167. The normalized spacial score (nSPS) is 12.6. The molecule has 0 saturated heterocycles. The van der Waals surface area contributed by atoms with Crippen LogP contribution in [0.4, 0.5) is 19.0 Å². The minimum Gasteiger partial charge on any atom is -0.394 e. The minimum absolute atomic E-state index is 0.0573. The standard InChI is InChI=1S/C18H14ClF3N4O/c19-13-3-1-11(2-4-13)14(10-27)24-16-9-15(18(20,21)22)25-17(26-16)12-5-7-23-8-6-12/h1-9,14,27H,10H2,(H,24,25,26). The maximum absolute atomic E-state index is 13.3. The number of aliphatic hydroxyl groups is 1. The number of halogens is 4. The Kier molecular flexibility index (Phi) is 5.57. The van der Waals surface area contributed by atoms with Gasteiger partial charge in [0.15, 0.2) is 11.5 Å². The fourth-order valence-electron chi connectivity index (χ4n) is 2.40. The van der Waals surface area contributed by atoms with Crippen molar-refractivity contribution in [3.05, 3.63) is 71.1 Å². The lowest BCUT2D eigenvalue weighted by Gasteiger charge is -2.19. The number of aromatic nitrogens is 3. The van der Waals surface area contributed by atoms with Crippen molar-refractivity contribution in [1.82, 2.24) is 15.0 Å². The highest BCUT2D eigenvalue weighted by molar-refractivity contribution is 6.30. The molecule has 0 radical (unpaired) electrons. The molecular formula is C18H14ClF3N4O. The molecule has 2 heterocycles. The lowest BCUT2D eigenvalue weighted by molar-refractivity contribution is -0.141. The molecule has 27 heavy (non-hydrogen) atoms. The van der Waals surface area contributed by atoms with E-state index in [0.717, 1.165) is 6.07 Å². The Bertz CT molecular complexity index is 905. The second-order valence-electron chi connectivity index (χ2n) is 5.63. The van der Waals surface area contributed by atoms with Gasteiger partial charge in [0.1, 0.15) is 5.82 Å². The quantitative estimate of drug-likeness (QED) is 0.673. The molecule has 3 aromatic rings. The van der Waals surface area contributed by atoms with E-state index in [1.807, 2.05) is 0 Å². The van der Waals surface area contributed by atoms with Crippen LogP contribution in [-0.4, -0.2) is 26.7 Å². The van der Waals surface area contributed by atoms with Crippen molar-refractivity contribution < 1.29 is 18.3 Å². The van der Waals surface area contributed by atoms with Crippen LogP contribution >= 0.6 is 11.6 Å². The van der Waals surface area contributed by atoms with E-state index in [1.54, 1.807) is 24.3 Å². The van der Waals surface area contributed by atoms with Crippen LogP contribution in [0.3, 0.4) is 0 Å². The molecule has 2 aromatic heterocycles. The number of rotatable bonds is 5. The molecule has 0 spiro atoms. The second kappa shape index (κ2) is 7.89. The summed E-state index contributed by atoms with van der Waals surface area (Å²) in [6, 6.07) is 9.78. The first-order chi connectivity index (χ1) is 12.9. The van der Waals surface area contributed by atoms with Crippen LogP contribution in [-0.2, 0) is 6.18 Å². The highest BCUT2D eigenvalue weighted by atomic mass is 35.5. The zero-order chi connectivity index (χ0) is 19.4. The van der Waals surface area contributed by atoms with Crippen LogP contribution in [0, 0.1) is 0 Å². The number of benzene rings is 1. The molecule has 0 bridgehead atoms. The number of anilines is 1. The molecule has 2 N–H and O–H groups in total. The Morgan fingerprint density at radius 1 is 1.04 bits per heavy atom. The molecule has 5 nitrogen and oxygen atoms in total. The molecule has 1 atom stereocenters. The van der Waals surface area contributed by atoms with Gasteiger partial charge in [0, 0.05) is 29.0 Å². The SMILES string of the molecule is OCC(Nc1cc(C(F)(F)F)nc(-c2ccncc2)n1)c1ccc(Cl)cc1. The zero-order valence-electron chi connectivity index (χ0n) is 13.8. The van der Waals surface area contributed by atoms with Crippen molar-refractivity contribution in [2.75, 3.05) is 11.9 Å². The lowest BCUT2D eigenvalue weighted by Crippen LogP contribution is -2.18. The van der Waals surface area contributed by atoms with Gasteiger partial charge in [0.05, 0.1) is 12.6 Å². The fourth-order valence-corrected chi connectivity index (χ4v) is 2.53. The average molecular weight is 395 g/mol. The van der Waals surface area contributed by atoms with Crippen LogP contribution in [0.1, 0.15) is 17.3 Å². The molecule has 0 aliphatic rings. The van der Waals surface area contributed by atoms with E-state index in [-0.39, 0.29) is 18.2 Å². The Balaban J connectivity index is 1.99. The summed E-state index contributed by atoms with van der Waals surface area (Å²) in [5, 5.41) is 13.0. The number of aliphatic hydroxyl groups excluding tert-OH is 1. The maximum Gasteiger partial charge on any atom is 0.433 e. The number of hydrogen-bond donors (Lipinski definition) is 2. The van der Waals surface area contributed by atoms with E-state index >= 15 is 0 Å². The van der Waals surface area contributed by atoms with E-state index in [9.17, 15) is 18.3 Å². The summed E-state index contributed by atoms with van der Waals surface area (Å²) in [6.45, 7) is -0.350. The van der Waals surface area contributed by atoms with Crippen molar-refractivity contribution in [3.8, 4) is 11.4 Å². The number of pyridine rings is 1. The van der Waals surface area contributed by atoms with E-state index in [0.29, 0.717) is 16.1 Å². The van der Waals surface area contributed by atoms with Gasteiger partial charge in [-0.3, -0.25) is 4.98 Å². The van der Waals surface area contributed by atoms with Gasteiger partial charge < -0.3 is 10.4 Å². The van der Waals surface area contributed by atoms with Crippen molar-refractivity contribution in [2.45, 2.75) is 12.2 Å². The topological polar surface area (TPSA) is 70.9 Å². The van der Waals surface area contributed by atoms with E-state index in [4.69, 9.17) is 11.6 Å². The predicted molar refractivity (Wildman–Crippen MR) is 95.2 cm³/mol. The number of nitrogens with one attached hydrogen (secondary N) is 1. The van der Waals surface area contributed by atoms with Gasteiger partial charge in [-0.1, -0.05) is 23.7 Å². The first-order valence-electron chi connectivity index (χ1n) is 7.86. The van der Waals surface area contributed by atoms with Crippen molar-refractivity contribution in [1.29, 1.82) is 0 Å². The molecular weight excluding hydrogens is 381 g/mol. The van der Waals surface area contributed by atoms with Gasteiger partial charge in [-0.05, 0) is 29.8 Å². The molecule has 3 rings (SSSR count). The van der Waals surface area contributed by atoms with Gasteiger partial charge in [-0.15, -0.1) is 0 Å². The summed E-state index contributed by atoms with van der Waals surface area (Å²) < 4.78 is 39.8. The van der Waals surface area contributed by atoms with E-state index in [1.165, 1.54) is 24.5 Å². The smallest absolute Gasteiger partial charge is 0.394 e. The summed E-state index contributed by atoms with van der Waals surface area (Å²) in [7, 11) is 0.